The maximum atomic E-state index is 9.61. The van der Waals surface area contributed by atoms with Gasteiger partial charge in [-0.05, 0) is 43.4 Å². The van der Waals surface area contributed by atoms with Crippen molar-refractivity contribution in [3.63, 3.8) is 0 Å². The first kappa shape index (κ1) is 15.1. The van der Waals surface area contributed by atoms with Gasteiger partial charge in [-0.3, -0.25) is 0 Å². The van der Waals surface area contributed by atoms with Gasteiger partial charge in [0.2, 0.25) is 0 Å². The number of aromatic nitrogens is 1. The van der Waals surface area contributed by atoms with Crippen molar-refractivity contribution < 1.29 is 4.74 Å². The minimum atomic E-state index is 0.523. The predicted octanol–water partition coefficient (Wildman–Crippen LogP) is 2.87. The third-order valence-corrected chi connectivity index (χ3v) is 4.10. The number of nitriles is 1. The molecule has 1 aromatic carbocycles. The highest BCUT2D eigenvalue weighted by molar-refractivity contribution is 5.70. The van der Waals surface area contributed by atoms with E-state index in [0.29, 0.717) is 17.2 Å². The summed E-state index contributed by atoms with van der Waals surface area (Å²) in [5.41, 5.74) is 6.19. The Kier molecular flexibility index (Phi) is 4.31. The Morgan fingerprint density at radius 2 is 2.00 bits per heavy atom. The molecule has 0 saturated heterocycles. The number of hydrogen-bond donors (Lipinski definition) is 3. The minimum Gasteiger partial charge on any atom is -0.497 e. The number of hydrogen-bond acceptors (Lipinski definition) is 6. The summed E-state index contributed by atoms with van der Waals surface area (Å²) >= 11 is 0. The van der Waals surface area contributed by atoms with Crippen LogP contribution in [0.2, 0.25) is 0 Å². The summed E-state index contributed by atoms with van der Waals surface area (Å²) in [6, 6.07) is 9.81. The fourth-order valence-electron chi connectivity index (χ4n) is 2.99. The van der Waals surface area contributed by atoms with E-state index in [1.54, 1.807) is 7.11 Å². The van der Waals surface area contributed by atoms with Crippen LogP contribution in [-0.2, 0) is 12.8 Å². The van der Waals surface area contributed by atoms with E-state index >= 15 is 0 Å². The van der Waals surface area contributed by atoms with Gasteiger partial charge in [-0.2, -0.15) is 5.26 Å². The zero-order chi connectivity index (χ0) is 16.2. The average molecular weight is 309 g/mol. The standard InChI is InChI=1S/C17H19N5O/c1-23-12-6-4-5-11(9-12)20-16-15(10-18)13-7-2-3-8-14(13)17(21-16)22-19/h4-6,9H,2-3,7-8,19H2,1H3,(H2,20,21,22). The summed E-state index contributed by atoms with van der Waals surface area (Å²) in [5, 5.41) is 12.8. The average Bonchev–Trinajstić information content (AvgIpc) is 2.61. The zero-order valence-corrected chi connectivity index (χ0v) is 13.0. The maximum absolute atomic E-state index is 9.61. The Morgan fingerprint density at radius 1 is 1.22 bits per heavy atom. The second-order valence-corrected chi connectivity index (χ2v) is 5.46. The molecule has 0 bridgehead atoms. The van der Waals surface area contributed by atoms with Crippen LogP contribution in [-0.4, -0.2) is 12.1 Å². The quantitative estimate of drug-likeness (QED) is 0.593. The third kappa shape index (κ3) is 2.91. The highest BCUT2D eigenvalue weighted by Gasteiger charge is 2.22. The van der Waals surface area contributed by atoms with Crippen LogP contribution in [0.1, 0.15) is 29.5 Å². The fourth-order valence-corrected chi connectivity index (χ4v) is 2.99. The molecule has 0 radical (unpaired) electrons. The molecule has 2 aromatic rings. The maximum Gasteiger partial charge on any atom is 0.151 e. The van der Waals surface area contributed by atoms with Gasteiger partial charge in [-0.15, -0.1) is 0 Å². The number of hydrazine groups is 1. The molecule has 1 aliphatic carbocycles. The number of benzene rings is 1. The molecule has 3 rings (SSSR count). The molecule has 0 saturated carbocycles. The number of ether oxygens (including phenoxy) is 1. The van der Waals surface area contributed by atoms with Gasteiger partial charge in [0.15, 0.2) is 5.82 Å². The van der Waals surface area contributed by atoms with E-state index in [4.69, 9.17) is 10.6 Å². The van der Waals surface area contributed by atoms with E-state index in [-0.39, 0.29) is 0 Å². The molecule has 0 amide bonds. The molecular formula is C17H19N5O. The molecule has 1 aliphatic rings. The summed E-state index contributed by atoms with van der Waals surface area (Å²) in [6.45, 7) is 0. The molecule has 118 valence electrons. The molecule has 0 atom stereocenters. The van der Waals surface area contributed by atoms with Crippen LogP contribution in [0.25, 0.3) is 0 Å². The number of nitrogens with two attached hydrogens (primary N) is 1. The first-order valence-electron chi connectivity index (χ1n) is 7.60. The van der Waals surface area contributed by atoms with Crippen molar-refractivity contribution in [3.8, 4) is 11.8 Å². The SMILES string of the molecule is COc1cccc(Nc2nc(NN)c3c(c2C#N)CCCC3)c1. The number of nitrogens with one attached hydrogen (secondary N) is 2. The second-order valence-electron chi connectivity index (χ2n) is 5.46. The van der Waals surface area contributed by atoms with Crippen LogP contribution in [0.3, 0.4) is 0 Å². The molecule has 0 unspecified atom stereocenters. The molecular weight excluding hydrogens is 290 g/mol. The molecule has 0 aliphatic heterocycles. The number of methoxy groups -OCH3 is 1. The van der Waals surface area contributed by atoms with Crippen LogP contribution in [0.4, 0.5) is 17.3 Å². The van der Waals surface area contributed by atoms with Crippen LogP contribution >= 0.6 is 0 Å². The van der Waals surface area contributed by atoms with Crippen molar-refractivity contribution >= 4 is 17.3 Å². The lowest BCUT2D eigenvalue weighted by Crippen LogP contribution is -2.17. The summed E-state index contributed by atoms with van der Waals surface area (Å²) in [4.78, 5) is 4.52. The van der Waals surface area contributed by atoms with Crippen molar-refractivity contribution in [2.24, 2.45) is 5.84 Å². The van der Waals surface area contributed by atoms with Crippen molar-refractivity contribution in [2.75, 3.05) is 17.9 Å². The van der Waals surface area contributed by atoms with E-state index in [9.17, 15) is 5.26 Å². The first-order chi connectivity index (χ1) is 11.3. The summed E-state index contributed by atoms with van der Waals surface area (Å²) < 4.78 is 5.23. The van der Waals surface area contributed by atoms with Crippen molar-refractivity contribution in [2.45, 2.75) is 25.7 Å². The van der Waals surface area contributed by atoms with E-state index in [2.05, 4.69) is 21.8 Å². The molecule has 0 spiro atoms. The fraction of sp³-hybridized carbons (Fsp3) is 0.294. The van der Waals surface area contributed by atoms with E-state index < -0.39 is 0 Å². The van der Waals surface area contributed by atoms with Gasteiger partial charge in [-0.25, -0.2) is 10.8 Å². The van der Waals surface area contributed by atoms with E-state index in [1.807, 2.05) is 24.3 Å². The Morgan fingerprint density at radius 3 is 2.70 bits per heavy atom. The molecule has 6 nitrogen and oxygen atoms in total. The Hall–Kier alpha value is -2.78. The summed E-state index contributed by atoms with van der Waals surface area (Å²) in [7, 11) is 1.62. The largest absolute Gasteiger partial charge is 0.497 e. The number of anilines is 3. The second kappa shape index (κ2) is 6.55. The smallest absolute Gasteiger partial charge is 0.151 e. The summed E-state index contributed by atoms with van der Waals surface area (Å²) in [5.74, 6) is 7.53. The van der Waals surface area contributed by atoms with E-state index in [0.717, 1.165) is 48.2 Å². The van der Waals surface area contributed by atoms with Crippen molar-refractivity contribution in [3.05, 3.63) is 41.0 Å². The molecule has 23 heavy (non-hydrogen) atoms. The lowest BCUT2D eigenvalue weighted by molar-refractivity contribution is 0.415. The highest BCUT2D eigenvalue weighted by atomic mass is 16.5. The lowest BCUT2D eigenvalue weighted by Gasteiger charge is -2.22. The Balaban J connectivity index is 2.06. The number of nitrogen functional groups attached to an aromatic ring is 1. The minimum absolute atomic E-state index is 0.523. The monoisotopic (exact) mass is 309 g/mol. The van der Waals surface area contributed by atoms with Gasteiger partial charge in [0.25, 0.3) is 0 Å². The first-order valence-corrected chi connectivity index (χ1v) is 7.60. The van der Waals surface area contributed by atoms with Crippen LogP contribution < -0.4 is 21.3 Å². The highest BCUT2D eigenvalue weighted by Crippen LogP contribution is 2.34. The molecule has 0 fully saturated rings. The van der Waals surface area contributed by atoms with Crippen LogP contribution in [0.15, 0.2) is 24.3 Å². The topological polar surface area (TPSA) is 96.0 Å². The van der Waals surface area contributed by atoms with Gasteiger partial charge < -0.3 is 15.5 Å². The van der Waals surface area contributed by atoms with E-state index in [1.165, 1.54) is 0 Å². The van der Waals surface area contributed by atoms with Gasteiger partial charge in [0, 0.05) is 17.3 Å². The van der Waals surface area contributed by atoms with Gasteiger partial charge >= 0.3 is 0 Å². The van der Waals surface area contributed by atoms with Crippen molar-refractivity contribution in [1.29, 1.82) is 5.26 Å². The number of nitrogens with zero attached hydrogens (tertiary/aromatic N) is 2. The van der Waals surface area contributed by atoms with Gasteiger partial charge in [0.1, 0.15) is 17.6 Å². The zero-order valence-electron chi connectivity index (χ0n) is 13.0. The van der Waals surface area contributed by atoms with Crippen LogP contribution in [0, 0.1) is 11.3 Å². The van der Waals surface area contributed by atoms with Gasteiger partial charge in [-0.1, -0.05) is 6.07 Å². The molecule has 4 N–H and O–H groups in total. The Bertz CT molecular complexity index is 766. The molecule has 1 aromatic heterocycles. The van der Waals surface area contributed by atoms with Crippen molar-refractivity contribution in [1.82, 2.24) is 4.98 Å². The van der Waals surface area contributed by atoms with Crippen LogP contribution in [0.5, 0.6) is 5.75 Å². The molecule has 6 heteroatoms. The number of rotatable bonds is 4. The predicted molar refractivity (Wildman–Crippen MR) is 89.7 cm³/mol. The lowest BCUT2D eigenvalue weighted by atomic mass is 9.89. The third-order valence-electron chi connectivity index (χ3n) is 4.10. The van der Waals surface area contributed by atoms with Gasteiger partial charge in [0.05, 0.1) is 12.7 Å². The molecule has 1 heterocycles. The number of fused-ring (bicyclic) bond motifs is 1. The normalized spacial score (nSPS) is 12.9. The summed E-state index contributed by atoms with van der Waals surface area (Å²) in [6.07, 6.45) is 3.95. The number of pyridine rings is 1. The Labute approximate surface area is 135 Å².